The molecule has 0 fully saturated rings. The van der Waals surface area contributed by atoms with E-state index in [4.69, 9.17) is 27.9 Å². The van der Waals surface area contributed by atoms with Crippen molar-refractivity contribution < 1.29 is 15.8 Å². The SMILES string of the molecule is C=C(C)C(=O)OCCNC(=O)C(C#N)=C1c2ccccc2N(C)c2ccccc21.CN1c2ccccc2C(Cl)(Cl)c2ccccc21.Cn1c2ccccc2c(=O)c2ccccc21.[2HH]. The Morgan fingerprint density at radius 1 is 0.694 bits per heavy atom. The van der Waals surface area contributed by atoms with Crippen LogP contribution in [0.5, 0.6) is 0 Å². The highest BCUT2D eigenvalue weighted by atomic mass is 35.5. The third-order valence-electron chi connectivity index (χ3n) is 10.9. The van der Waals surface area contributed by atoms with Crippen LogP contribution in [0.3, 0.4) is 0 Å². The van der Waals surface area contributed by atoms with Gasteiger partial charge in [0.25, 0.3) is 5.91 Å². The number of benzene rings is 6. The number of amides is 1. The number of halogens is 2. The number of anilines is 4. The molecule has 0 atom stereocenters. The van der Waals surface area contributed by atoms with Crippen LogP contribution in [0.1, 0.15) is 30.6 Å². The number of pyridine rings is 1. The fourth-order valence-electron chi connectivity index (χ4n) is 7.77. The quantitative estimate of drug-likeness (QED) is 0.0458. The van der Waals surface area contributed by atoms with Crippen LogP contribution in [0, 0.1) is 11.3 Å². The zero-order chi connectivity index (χ0) is 44.1. The van der Waals surface area contributed by atoms with Crippen LogP contribution in [0.4, 0.5) is 22.7 Å². The summed E-state index contributed by atoms with van der Waals surface area (Å²) in [5.74, 6) is -1.03. The average molecular weight is 864 g/mol. The highest BCUT2D eigenvalue weighted by Gasteiger charge is 2.39. The van der Waals surface area contributed by atoms with E-state index in [0.29, 0.717) is 5.57 Å². The summed E-state index contributed by atoms with van der Waals surface area (Å²) < 4.78 is 6.07. The first kappa shape index (κ1) is 43.0. The monoisotopic (exact) mass is 862 g/mol. The van der Waals surface area contributed by atoms with E-state index in [1.807, 2.05) is 172 Å². The first-order valence-electron chi connectivity index (χ1n) is 19.8. The number of alkyl halides is 2. The van der Waals surface area contributed by atoms with Gasteiger partial charge < -0.3 is 24.4 Å². The van der Waals surface area contributed by atoms with Crippen LogP contribution in [-0.4, -0.2) is 43.7 Å². The van der Waals surface area contributed by atoms with Crippen LogP contribution in [0.2, 0.25) is 0 Å². The topological polar surface area (TPSA) is 108 Å². The molecular formula is C51H45Cl2N5O4. The Kier molecular flexibility index (Phi) is 12.6. The van der Waals surface area contributed by atoms with Crippen LogP contribution in [0.25, 0.3) is 27.4 Å². The number of nitrogens with zero attached hydrogens (tertiary/aromatic N) is 4. The minimum Gasteiger partial charge on any atom is -0.460 e. The molecule has 312 valence electrons. The predicted molar refractivity (Wildman–Crippen MR) is 254 cm³/mol. The summed E-state index contributed by atoms with van der Waals surface area (Å²) >= 11 is 13.1. The van der Waals surface area contributed by atoms with Gasteiger partial charge in [0.15, 0.2) is 9.76 Å². The molecule has 6 aromatic carbocycles. The van der Waals surface area contributed by atoms with Crippen LogP contribution in [-0.2, 0) is 25.7 Å². The number of carbonyl (C=O) groups is 2. The third kappa shape index (κ3) is 8.18. The molecule has 62 heavy (non-hydrogen) atoms. The standard InChI is InChI=1S/C23H21N3O3.C14H11Cl2N.C14H11NO.H2/c1-15(2)23(28)29-13-12-25-22(27)18(14-24)21-16-8-4-6-10-19(16)26(3)20-11-7-5-9-17(20)21;1-17-12-8-4-2-6-10(12)14(15,16)11-7-3-5-9-13(11)17;1-15-12-8-4-2-6-10(12)14(16)11-7-3-5-9-13(11)15;/h4-11H,1,12-13H2,2-3H3,(H,25,27);2-9H,1H3;2-9H,1H3;1H/i;;;1+1. The number of ether oxygens (including phenoxy) is 1. The number of para-hydroxylation sites is 6. The van der Waals surface area contributed by atoms with Crippen LogP contribution < -0.4 is 20.5 Å². The van der Waals surface area contributed by atoms with E-state index in [9.17, 15) is 19.6 Å². The summed E-state index contributed by atoms with van der Waals surface area (Å²) in [5, 5.41) is 14.0. The fourth-order valence-corrected chi connectivity index (χ4v) is 8.41. The van der Waals surface area contributed by atoms with E-state index in [-0.39, 0.29) is 31.2 Å². The van der Waals surface area contributed by atoms with E-state index in [2.05, 4.69) is 27.4 Å². The lowest BCUT2D eigenvalue weighted by atomic mass is 9.87. The van der Waals surface area contributed by atoms with E-state index >= 15 is 0 Å². The van der Waals surface area contributed by atoms with Gasteiger partial charge in [-0.1, -0.05) is 127 Å². The van der Waals surface area contributed by atoms with Crippen molar-refractivity contribution in [2.45, 2.75) is 11.3 Å². The van der Waals surface area contributed by atoms with Crippen LogP contribution >= 0.6 is 23.2 Å². The molecule has 0 saturated carbocycles. The second-order valence-electron chi connectivity index (χ2n) is 14.7. The van der Waals surface area contributed by atoms with Crippen molar-refractivity contribution in [3.8, 4) is 6.07 Å². The molecule has 0 bridgehead atoms. The molecule has 9 nitrogen and oxygen atoms in total. The number of aromatic nitrogens is 1. The Labute approximate surface area is 371 Å². The second-order valence-corrected chi connectivity index (χ2v) is 16.0. The minimum atomic E-state index is -0.973. The number of aryl methyl sites for hydroxylation is 1. The van der Waals surface area contributed by atoms with Crippen molar-refractivity contribution in [1.82, 2.24) is 9.88 Å². The molecule has 2 aliphatic heterocycles. The Morgan fingerprint density at radius 3 is 1.60 bits per heavy atom. The van der Waals surface area contributed by atoms with Gasteiger partial charge in [0.05, 0.1) is 17.6 Å². The molecular weight excluding hydrogens is 817 g/mol. The second kappa shape index (κ2) is 18.2. The number of carbonyl (C=O) groups excluding carboxylic acids is 2. The van der Waals surface area contributed by atoms with Gasteiger partial charge in [0.1, 0.15) is 18.2 Å². The van der Waals surface area contributed by atoms with Crippen molar-refractivity contribution in [2.75, 3.05) is 37.0 Å². The van der Waals surface area contributed by atoms with E-state index in [1.54, 1.807) is 6.92 Å². The molecule has 1 amide bonds. The normalized spacial score (nSPS) is 12.8. The minimum absolute atomic E-state index is 0. The average Bonchev–Trinajstić information content (AvgIpc) is 3.30. The Bertz CT molecular complexity index is 2870. The maximum Gasteiger partial charge on any atom is 0.333 e. The number of nitriles is 1. The number of rotatable bonds is 5. The maximum atomic E-state index is 12.8. The van der Waals surface area contributed by atoms with Crippen LogP contribution in [0.15, 0.2) is 168 Å². The molecule has 0 radical (unpaired) electrons. The molecule has 0 aliphatic carbocycles. The predicted octanol–water partition coefficient (Wildman–Crippen LogP) is 10.7. The van der Waals surface area contributed by atoms with Gasteiger partial charge in [-0.05, 0) is 55.5 Å². The summed E-state index contributed by atoms with van der Waals surface area (Å²) in [6.45, 7) is 5.15. The van der Waals surface area contributed by atoms with Crippen molar-refractivity contribution in [2.24, 2.45) is 7.05 Å². The molecule has 0 unspecified atom stereocenters. The lowest BCUT2D eigenvalue weighted by Gasteiger charge is -2.37. The van der Waals surface area contributed by atoms with Gasteiger partial charge in [-0.3, -0.25) is 9.59 Å². The molecule has 1 N–H and O–H groups in total. The Hall–Kier alpha value is -7.12. The van der Waals surface area contributed by atoms with Crippen molar-refractivity contribution in [3.63, 3.8) is 0 Å². The van der Waals surface area contributed by atoms with Gasteiger partial charge in [-0.2, -0.15) is 5.26 Å². The summed E-state index contributed by atoms with van der Waals surface area (Å²) in [6, 6.07) is 48.7. The largest absolute Gasteiger partial charge is 0.460 e. The van der Waals surface area contributed by atoms with Crippen molar-refractivity contribution in [3.05, 3.63) is 196 Å². The molecule has 0 spiro atoms. The summed E-state index contributed by atoms with van der Waals surface area (Å²) in [5.41, 5.74) is 10.4. The number of nitrogens with one attached hydrogen (secondary N) is 1. The Balaban J connectivity index is 0.000000166. The number of fused-ring (bicyclic) bond motifs is 6. The summed E-state index contributed by atoms with van der Waals surface area (Å²) in [4.78, 5) is 40.6. The van der Waals surface area contributed by atoms with E-state index < -0.39 is 16.2 Å². The lowest BCUT2D eigenvalue weighted by molar-refractivity contribution is -0.139. The molecule has 9 rings (SSSR count). The highest BCUT2D eigenvalue weighted by molar-refractivity contribution is 6.51. The van der Waals surface area contributed by atoms with Gasteiger partial charge in [0.2, 0.25) is 0 Å². The molecule has 3 heterocycles. The van der Waals surface area contributed by atoms with Gasteiger partial charge in [0, 0.05) is 89.5 Å². The molecule has 7 aromatic rings. The smallest absolute Gasteiger partial charge is 0.333 e. The summed E-state index contributed by atoms with van der Waals surface area (Å²) in [6.07, 6.45) is 0. The maximum absolute atomic E-state index is 12.8. The lowest BCUT2D eigenvalue weighted by Crippen LogP contribution is -2.30. The van der Waals surface area contributed by atoms with Gasteiger partial charge >= 0.3 is 5.97 Å². The van der Waals surface area contributed by atoms with Crippen molar-refractivity contribution in [1.29, 1.82) is 5.26 Å². The van der Waals surface area contributed by atoms with Crippen molar-refractivity contribution >= 4 is 85.2 Å². The molecule has 1 aromatic heterocycles. The number of hydrogen-bond donors (Lipinski definition) is 1. The summed E-state index contributed by atoms with van der Waals surface area (Å²) in [7, 11) is 5.97. The van der Waals surface area contributed by atoms with E-state index in [0.717, 1.165) is 66.8 Å². The molecule has 0 saturated heterocycles. The molecule has 11 heteroatoms. The highest BCUT2D eigenvalue weighted by Crippen LogP contribution is 2.53. The third-order valence-corrected chi connectivity index (χ3v) is 11.7. The van der Waals surface area contributed by atoms with Gasteiger partial charge in [-0.25, -0.2) is 4.79 Å². The molecule has 2 aliphatic rings. The zero-order valence-corrected chi connectivity index (χ0v) is 36.2. The zero-order valence-electron chi connectivity index (χ0n) is 34.7. The number of hydrogen-bond acceptors (Lipinski definition) is 7. The number of esters is 1. The van der Waals surface area contributed by atoms with E-state index in [1.165, 1.54) is 0 Å². The Morgan fingerprint density at radius 2 is 1.11 bits per heavy atom. The van der Waals surface area contributed by atoms with Gasteiger partial charge in [-0.15, -0.1) is 0 Å². The first-order chi connectivity index (χ1) is 29.9. The fraction of sp³-hybridized carbons (Fsp3) is 0.137. The first-order valence-corrected chi connectivity index (χ1v) is 20.6.